The molecule has 7 nitrogen and oxygen atoms in total. The number of rotatable bonds is 1. The summed E-state index contributed by atoms with van der Waals surface area (Å²) in [5.41, 5.74) is -0.345. The van der Waals surface area contributed by atoms with Crippen LogP contribution in [0.15, 0.2) is 30.3 Å². The molecule has 0 radical (unpaired) electrons. The van der Waals surface area contributed by atoms with Crippen LogP contribution in [0.25, 0.3) is 0 Å². The molecule has 1 atom stereocenters. The van der Waals surface area contributed by atoms with Crippen molar-refractivity contribution in [2.24, 2.45) is 0 Å². The molecule has 0 amide bonds. The fraction of sp³-hybridized carbons (Fsp3) is 0.0667. The molecular weight excluding hydrogens is 315 g/mol. The van der Waals surface area contributed by atoms with Gasteiger partial charge in [0.05, 0.1) is 0 Å². The first kappa shape index (κ1) is 17.1. The molecule has 1 aliphatic heterocycles. The number of carbonyl (C=O) groups excluding carboxylic acids is 2. The van der Waals surface area contributed by atoms with Gasteiger partial charge in [-0.15, -0.1) is 0 Å². The molecule has 8 heteroatoms. The van der Waals surface area contributed by atoms with Crippen LogP contribution in [0.2, 0.25) is 0 Å². The molecule has 0 aromatic heterocycles. The first-order valence-corrected chi connectivity index (χ1v) is 6.21. The predicted octanol–water partition coefficient (Wildman–Crippen LogP) is -1.60. The maximum atomic E-state index is 12.1. The van der Waals surface area contributed by atoms with E-state index in [4.69, 9.17) is 4.74 Å². The summed E-state index contributed by atoms with van der Waals surface area (Å²) < 4.78 is 5.35. The van der Waals surface area contributed by atoms with Crippen LogP contribution in [-0.2, 0) is 4.79 Å². The average molecular weight is 325 g/mol. The van der Waals surface area contributed by atoms with Gasteiger partial charge in [0.2, 0.25) is 11.6 Å². The van der Waals surface area contributed by atoms with Crippen molar-refractivity contribution in [3.8, 4) is 28.7 Å². The van der Waals surface area contributed by atoms with Gasteiger partial charge in [-0.25, -0.2) is 0 Å². The van der Waals surface area contributed by atoms with Gasteiger partial charge in [-0.2, -0.15) is 0 Å². The number of fused-ring (bicyclic) bond motifs is 1. The third kappa shape index (κ3) is 2.86. The number of phenols is 4. The van der Waals surface area contributed by atoms with E-state index in [1.807, 2.05) is 0 Å². The van der Waals surface area contributed by atoms with Gasteiger partial charge in [0.15, 0.2) is 6.10 Å². The molecule has 2 aromatic rings. The zero-order valence-corrected chi connectivity index (χ0v) is 14.0. The van der Waals surface area contributed by atoms with Crippen molar-refractivity contribution < 1.29 is 64.3 Å². The van der Waals surface area contributed by atoms with Crippen molar-refractivity contribution >= 4 is 11.6 Å². The van der Waals surface area contributed by atoms with Crippen molar-refractivity contribution in [3.63, 3.8) is 0 Å². The van der Waals surface area contributed by atoms with Gasteiger partial charge in [-0.1, -0.05) is 0 Å². The second kappa shape index (κ2) is 6.11. The summed E-state index contributed by atoms with van der Waals surface area (Å²) in [7, 11) is 0. The van der Waals surface area contributed by atoms with E-state index in [9.17, 15) is 30.0 Å². The van der Waals surface area contributed by atoms with E-state index in [0.717, 1.165) is 18.2 Å². The molecule has 0 bridgehead atoms. The van der Waals surface area contributed by atoms with E-state index in [-0.39, 0.29) is 57.9 Å². The van der Waals surface area contributed by atoms with E-state index < -0.39 is 29.2 Å². The van der Waals surface area contributed by atoms with E-state index >= 15 is 0 Å². The Labute approximate surface area is 152 Å². The summed E-state index contributed by atoms with van der Waals surface area (Å²) >= 11 is 0. The quantitative estimate of drug-likeness (QED) is 0.368. The Morgan fingerprint density at radius 1 is 0.870 bits per heavy atom. The maximum absolute atomic E-state index is 12.1. The number of aromatic hydroxyl groups is 4. The number of Topliss-reactive ketones (excluding diaryl/α,β-unsaturated/α-hetero) is 2. The molecule has 1 heterocycles. The molecule has 23 heavy (non-hydrogen) atoms. The molecule has 112 valence electrons. The van der Waals surface area contributed by atoms with Crippen LogP contribution in [0.4, 0.5) is 0 Å². The molecule has 1 aliphatic rings. The van der Waals surface area contributed by atoms with Gasteiger partial charge in [0, 0.05) is 23.8 Å². The third-order valence-electron chi connectivity index (χ3n) is 3.30. The van der Waals surface area contributed by atoms with E-state index in [2.05, 4.69) is 0 Å². The Kier molecular flexibility index (Phi) is 4.56. The molecule has 1 unspecified atom stereocenters. The van der Waals surface area contributed by atoms with Gasteiger partial charge in [0.1, 0.15) is 34.3 Å². The largest absolute Gasteiger partial charge is 1.00 e. The van der Waals surface area contributed by atoms with Gasteiger partial charge < -0.3 is 25.2 Å². The average Bonchev–Trinajstić information content (AvgIpc) is 2.42. The van der Waals surface area contributed by atoms with Crippen LogP contribution in [0.1, 0.15) is 22.0 Å². The fourth-order valence-electron chi connectivity index (χ4n) is 2.29. The predicted molar refractivity (Wildman–Crippen MR) is 72.2 cm³/mol. The molecule has 0 saturated carbocycles. The Hall–Kier alpha value is -2.22. The normalized spacial score (nSPS) is 16.3. The van der Waals surface area contributed by atoms with Crippen LogP contribution in [-0.4, -0.2) is 32.0 Å². The smallest absolute Gasteiger partial charge is 0.508 e. The molecule has 3 rings (SSSR count). The summed E-state index contributed by atoms with van der Waals surface area (Å²) in [6, 6.07) is 5.49. The number of carbonyl (C=O) groups is 2. The van der Waals surface area contributed by atoms with Crippen LogP contribution in [0.5, 0.6) is 28.7 Å². The zero-order valence-electron chi connectivity index (χ0n) is 12.0. The molecule has 0 saturated heterocycles. The van der Waals surface area contributed by atoms with Crippen molar-refractivity contribution in [2.75, 3.05) is 0 Å². The standard InChI is InChI=1S/C15H10O7.Na/c16-6-1-2-8(9(18)3-6)15-14(21)13(20)12-10(19)4-7(17)5-11(12)22-15;/h1-5,15-19H;/q;+1. The molecule has 0 fully saturated rings. The van der Waals surface area contributed by atoms with E-state index in [1.165, 1.54) is 12.1 Å². The van der Waals surface area contributed by atoms with Gasteiger partial charge in [0.25, 0.3) is 0 Å². The van der Waals surface area contributed by atoms with E-state index in [0.29, 0.717) is 0 Å². The summed E-state index contributed by atoms with van der Waals surface area (Å²) in [4.78, 5) is 24.2. The SMILES string of the molecule is O=C1C(=O)C(c2ccc(O)cc2O)Oc2cc(O)cc(O)c21.[Na+]. The summed E-state index contributed by atoms with van der Waals surface area (Å²) in [6.07, 6.45) is -1.43. The fourth-order valence-corrected chi connectivity index (χ4v) is 2.29. The molecule has 4 N–H and O–H groups in total. The summed E-state index contributed by atoms with van der Waals surface area (Å²) in [5.74, 6) is -3.68. The number of hydrogen-bond acceptors (Lipinski definition) is 7. The number of benzene rings is 2. The number of ketones is 2. The Bertz CT molecular complexity index is 816. The maximum Gasteiger partial charge on any atom is 1.00 e. The Morgan fingerprint density at radius 3 is 2.17 bits per heavy atom. The van der Waals surface area contributed by atoms with Gasteiger partial charge in [-0.05, 0) is 12.1 Å². The Balaban J connectivity index is 0.00000192. The van der Waals surface area contributed by atoms with E-state index in [1.54, 1.807) is 0 Å². The second-order valence-corrected chi connectivity index (χ2v) is 4.77. The monoisotopic (exact) mass is 325 g/mol. The third-order valence-corrected chi connectivity index (χ3v) is 3.30. The first-order chi connectivity index (χ1) is 10.4. The molecule has 2 aromatic carbocycles. The minimum atomic E-state index is -1.43. The topological polar surface area (TPSA) is 124 Å². The zero-order chi connectivity index (χ0) is 16.0. The van der Waals surface area contributed by atoms with Crippen LogP contribution in [0, 0.1) is 0 Å². The van der Waals surface area contributed by atoms with Crippen molar-refractivity contribution in [3.05, 3.63) is 41.5 Å². The van der Waals surface area contributed by atoms with Gasteiger partial charge >= 0.3 is 29.6 Å². The summed E-state index contributed by atoms with van der Waals surface area (Å²) in [6.45, 7) is 0. The number of ether oxygens (including phenoxy) is 1. The molecule has 0 spiro atoms. The molecule has 0 aliphatic carbocycles. The van der Waals surface area contributed by atoms with Crippen LogP contribution in [0.3, 0.4) is 0 Å². The minimum Gasteiger partial charge on any atom is -0.508 e. The second-order valence-electron chi connectivity index (χ2n) is 4.77. The van der Waals surface area contributed by atoms with Crippen LogP contribution < -0.4 is 34.3 Å². The van der Waals surface area contributed by atoms with Crippen LogP contribution >= 0.6 is 0 Å². The van der Waals surface area contributed by atoms with Gasteiger partial charge in [-0.3, -0.25) is 9.59 Å². The van der Waals surface area contributed by atoms with Crippen molar-refractivity contribution in [1.82, 2.24) is 0 Å². The summed E-state index contributed by atoms with van der Waals surface area (Å²) in [5, 5.41) is 38.2. The Morgan fingerprint density at radius 2 is 1.52 bits per heavy atom. The van der Waals surface area contributed by atoms with Crippen molar-refractivity contribution in [2.45, 2.75) is 6.10 Å². The van der Waals surface area contributed by atoms with Crippen molar-refractivity contribution in [1.29, 1.82) is 0 Å². The number of hydrogen-bond donors (Lipinski definition) is 4. The molecular formula is C15H10NaO7+. The minimum absolute atomic E-state index is 0. The first-order valence-electron chi connectivity index (χ1n) is 6.21. The number of phenolic OH excluding ortho intramolecular Hbond substituents is 4.